The number of rotatable bonds is 6. The number of ether oxygens (including phenoxy) is 3. The van der Waals surface area contributed by atoms with Crippen LogP contribution in [0.4, 0.5) is 5.69 Å². The van der Waals surface area contributed by atoms with Gasteiger partial charge < -0.3 is 19.5 Å². The van der Waals surface area contributed by atoms with E-state index < -0.39 is 6.10 Å². The van der Waals surface area contributed by atoms with E-state index in [0.29, 0.717) is 22.9 Å². The molecule has 0 fully saturated rings. The van der Waals surface area contributed by atoms with Crippen molar-refractivity contribution >= 4 is 22.4 Å². The van der Waals surface area contributed by atoms with Crippen LogP contribution in [0.25, 0.3) is 10.8 Å². The van der Waals surface area contributed by atoms with E-state index in [2.05, 4.69) is 5.32 Å². The molecule has 0 aromatic heterocycles. The molecule has 3 rings (SSSR count). The van der Waals surface area contributed by atoms with E-state index >= 15 is 0 Å². The van der Waals surface area contributed by atoms with Gasteiger partial charge >= 0.3 is 0 Å². The molecule has 0 unspecified atom stereocenters. The maximum absolute atomic E-state index is 12.6. The first kappa shape index (κ1) is 17.6. The Balaban J connectivity index is 1.76. The normalized spacial score (nSPS) is 11.7. The second-order valence-corrected chi connectivity index (χ2v) is 5.79. The molecule has 0 radical (unpaired) electrons. The van der Waals surface area contributed by atoms with Crippen LogP contribution in [0.3, 0.4) is 0 Å². The van der Waals surface area contributed by atoms with Crippen molar-refractivity contribution < 1.29 is 19.0 Å². The molecule has 5 heteroatoms. The predicted molar refractivity (Wildman–Crippen MR) is 102 cm³/mol. The lowest BCUT2D eigenvalue weighted by molar-refractivity contribution is -0.122. The van der Waals surface area contributed by atoms with Gasteiger partial charge in [-0.2, -0.15) is 0 Å². The molecule has 1 atom stereocenters. The first-order valence-corrected chi connectivity index (χ1v) is 8.29. The monoisotopic (exact) mass is 351 g/mol. The minimum Gasteiger partial charge on any atom is -0.497 e. The summed E-state index contributed by atoms with van der Waals surface area (Å²) in [6.45, 7) is 1.72. The summed E-state index contributed by atoms with van der Waals surface area (Å²) in [4.78, 5) is 12.6. The van der Waals surface area contributed by atoms with Crippen molar-refractivity contribution in [3.63, 3.8) is 0 Å². The Hall–Kier alpha value is -3.21. The molecule has 3 aromatic carbocycles. The van der Waals surface area contributed by atoms with Gasteiger partial charge in [0.2, 0.25) is 0 Å². The molecular weight excluding hydrogens is 330 g/mol. The molecule has 0 spiro atoms. The topological polar surface area (TPSA) is 56.8 Å². The second kappa shape index (κ2) is 7.78. The second-order valence-electron chi connectivity index (χ2n) is 5.79. The summed E-state index contributed by atoms with van der Waals surface area (Å²) in [5, 5.41) is 4.87. The van der Waals surface area contributed by atoms with Crippen LogP contribution < -0.4 is 19.5 Å². The van der Waals surface area contributed by atoms with Crippen molar-refractivity contribution in [2.45, 2.75) is 13.0 Å². The number of carbonyl (C=O) groups is 1. The zero-order valence-electron chi connectivity index (χ0n) is 15.0. The van der Waals surface area contributed by atoms with E-state index in [-0.39, 0.29) is 5.91 Å². The Morgan fingerprint density at radius 3 is 2.46 bits per heavy atom. The van der Waals surface area contributed by atoms with Gasteiger partial charge in [0.05, 0.1) is 19.9 Å². The summed E-state index contributed by atoms with van der Waals surface area (Å²) >= 11 is 0. The quantitative estimate of drug-likeness (QED) is 0.721. The molecule has 1 amide bonds. The summed E-state index contributed by atoms with van der Waals surface area (Å²) in [6.07, 6.45) is -0.674. The van der Waals surface area contributed by atoms with Gasteiger partial charge in [-0.25, -0.2) is 0 Å². The van der Waals surface area contributed by atoms with Crippen LogP contribution >= 0.6 is 0 Å². The maximum Gasteiger partial charge on any atom is 0.265 e. The molecule has 0 heterocycles. The number of amides is 1. The van der Waals surface area contributed by atoms with Crippen LogP contribution in [-0.4, -0.2) is 26.2 Å². The Bertz CT molecular complexity index is 918. The third kappa shape index (κ3) is 3.72. The van der Waals surface area contributed by atoms with Crippen LogP contribution in [0.15, 0.2) is 60.7 Å². The fraction of sp³-hybridized carbons (Fsp3) is 0.190. The molecule has 134 valence electrons. The van der Waals surface area contributed by atoms with Crippen LogP contribution in [-0.2, 0) is 4.79 Å². The molecule has 5 nitrogen and oxygen atoms in total. The lowest BCUT2D eigenvalue weighted by atomic mass is 10.1. The molecular formula is C21H21NO4. The van der Waals surface area contributed by atoms with Gasteiger partial charge in [0, 0.05) is 11.5 Å². The van der Waals surface area contributed by atoms with Gasteiger partial charge in [0.15, 0.2) is 6.10 Å². The maximum atomic E-state index is 12.6. The highest BCUT2D eigenvalue weighted by Crippen LogP contribution is 2.30. The summed E-state index contributed by atoms with van der Waals surface area (Å²) < 4.78 is 16.4. The van der Waals surface area contributed by atoms with Crippen molar-refractivity contribution in [1.82, 2.24) is 0 Å². The lowest BCUT2D eigenvalue weighted by Gasteiger charge is -2.17. The number of nitrogens with one attached hydrogen (secondary N) is 1. The number of hydrogen-bond acceptors (Lipinski definition) is 4. The Morgan fingerprint density at radius 1 is 0.923 bits per heavy atom. The minimum atomic E-state index is -0.674. The summed E-state index contributed by atoms with van der Waals surface area (Å²) in [6, 6.07) is 18.9. The number of methoxy groups -OCH3 is 2. The van der Waals surface area contributed by atoms with Gasteiger partial charge in [0.25, 0.3) is 5.91 Å². The zero-order chi connectivity index (χ0) is 18.5. The summed E-state index contributed by atoms with van der Waals surface area (Å²) in [5.41, 5.74) is 0.562. The van der Waals surface area contributed by atoms with E-state index in [1.54, 1.807) is 39.3 Å². The highest BCUT2D eigenvalue weighted by Gasteiger charge is 2.18. The molecule has 0 saturated heterocycles. The standard InChI is InChI=1S/C21H21NO4/c1-14(26-19-10-6-8-15-7-4-5-9-17(15)19)21(23)22-18-12-11-16(24-2)13-20(18)25-3/h4-14H,1-3H3,(H,22,23)/t14-/m0/s1. The van der Waals surface area contributed by atoms with E-state index in [1.807, 2.05) is 42.5 Å². The first-order valence-electron chi connectivity index (χ1n) is 8.29. The van der Waals surface area contributed by atoms with Crippen molar-refractivity contribution in [3.8, 4) is 17.2 Å². The molecule has 0 aliphatic heterocycles. The van der Waals surface area contributed by atoms with Gasteiger partial charge in [-0.05, 0) is 30.5 Å². The fourth-order valence-corrected chi connectivity index (χ4v) is 2.68. The third-order valence-electron chi connectivity index (χ3n) is 4.09. The van der Waals surface area contributed by atoms with E-state index in [1.165, 1.54) is 0 Å². The van der Waals surface area contributed by atoms with Gasteiger partial charge in [0.1, 0.15) is 17.2 Å². The molecule has 26 heavy (non-hydrogen) atoms. The highest BCUT2D eigenvalue weighted by atomic mass is 16.5. The van der Waals surface area contributed by atoms with Crippen molar-refractivity contribution in [3.05, 3.63) is 60.7 Å². The number of benzene rings is 3. The molecule has 0 aliphatic rings. The number of carbonyl (C=O) groups excluding carboxylic acids is 1. The van der Waals surface area contributed by atoms with Crippen LogP contribution in [0.1, 0.15) is 6.92 Å². The molecule has 3 aromatic rings. The summed E-state index contributed by atoms with van der Waals surface area (Å²) in [7, 11) is 3.12. The molecule has 1 N–H and O–H groups in total. The van der Waals surface area contributed by atoms with E-state index in [4.69, 9.17) is 14.2 Å². The number of fused-ring (bicyclic) bond motifs is 1. The van der Waals surface area contributed by atoms with Gasteiger partial charge in [-0.1, -0.05) is 36.4 Å². The SMILES string of the molecule is COc1ccc(NC(=O)[C@H](C)Oc2cccc3ccccc23)c(OC)c1. The van der Waals surface area contributed by atoms with Crippen LogP contribution in [0.5, 0.6) is 17.2 Å². The minimum absolute atomic E-state index is 0.263. The Labute approximate surface area is 152 Å². The van der Waals surface area contributed by atoms with Crippen molar-refractivity contribution in [1.29, 1.82) is 0 Å². The summed E-state index contributed by atoms with van der Waals surface area (Å²) in [5.74, 6) is 1.59. The Morgan fingerprint density at radius 2 is 1.69 bits per heavy atom. The first-order chi connectivity index (χ1) is 12.6. The Kier molecular flexibility index (Phi) is 5.27. The highest BCUT2D eigenvalue weighted by molar-refractivity contribution is 5.96. The average Bonchev–Trinajstić information content (AvgIpc) is 2.68. The third-order valence-corrected chi connectivity index (χ3v) is 4.09. The average molecular weight is 351 g/mol. The lowest BCUT2D eigenvalue weighted by Crippen LogP contribution is -2.30. The van der Waals surface area contributed by atoms with Crippen LogP contribution in [0, 0.1) is 0 Å². The van der Waals surface area contributed by atoms with E-state index in [0.717, 1.165) is 10.8 Å². The fourth-order valence-electron chi connectivity index (χ4n) is 2.68. The number of hydrogen-bond donors (Lipinski definition) is 1. The van der Waals surface area contributed by atoms with Gasteiger partial charge in [-0.15, -0.1) is 0 Å². The van der Waals surface area contributed by atoms with Gasteiger partial charge in [-0.3, -0.25) is 4.79 Å². The molecule has 0 aliphatic carbocycles. The van der Waals surface area contributed by atoms with Crippen LogP contribution in [0.2, 0.25) is 0 Å². The smallest absolute Gasteiger partial charge is 0.265 e. The van der Waals surface area contributed by atoms with Crippen molar-refractivity contribution in [2.24, 2.45) is 0 Å². The van der Waals surface area contributed by atoms with E-state index in [9.17, 15) is 4.79 Å². The van der Waals surface area contributed by atoms with Crippen molar-refractivity contribution in [2.75, 3.05) is 19.5 Å². The largest absolute Gasteiger partial charge is 0.497 e. The molecule has 0 bridgehead atoms. The molecule has 0 saturated carbocycles. The number of anilines is 1. The predicted octanol–water partition coefficient (Wildman–Crippen LogP) is 4.26. The zero-order valence-corrected chi connectivity index (χ0v) is 15.0.